The van der Waals surface area contributed by atoms with Crippen molar-refractivity contribution in [3.63, 3.8) is 0 Å². The average Bonchev–Trinajstić information content (AvgIpc) is 2.31. The van der Waals surface area contributed by atoms with Gasteiger partial charge in [-0.2, -0.15) is 0 Å². The van der Waals surface area contributed by atoms with Gasteiger partial charge in [0.05, 0.1) is 9.95 Å². The van der Waals surface area contributed by atoms with Crippen LogP contribution in [0.15, 0.2) is 12.1 Å². The van der Waals surface area contributed by atoms with Crippen LogP contribution < -0.4 is 5.32 Å². The standard InChI is InChI=1S/C13H18ClFN2O3/c1-13(2,3)12(4-5-18)16-10-7-9(15)8(14)6-11(10)17(19)20/h6-7,12,16,18H,4-5H2,1-3H3. The van der Waals surface area contributed by atoms with Crippen molar-refractivity contribution in [1.82, 2.24) is 0 Å². The highest BCUT2D eigenvalue weighted by atomic mass is 35.5. The third-order valence-electron chi connectivity index (χ3n) is 3.03. The van der Waals surface area contributed by atoms with E-state index in [1.165, 1.54) is 0 Å². The Hall–Kier alpha value is -1.40. The Labute approximate surface area is 121 Å². The molecule has 0 aliphatic heterocycles. The van der Waals surface area contributed by atoms with Crippen molar-refractivity contribution in [3.8, 4) is 0 Å². The van der Waals surface area contributed by atoms with Gasteiger partial charge in [-0.3, -0.25) is 10.1 Å². The minimum atomic E-state index is -0.726. The lowest BCUT2D eigenvalue weighted by molar-refractivity contribution is -0.384. The van der Waals surface area contributed by atoms with Gasteiger partial charge >= 0.3 is 0 Å². The molecule has 0 aliphatic rings. The summed E-state index contributed by atoms with van der Waals surface area (Å²) < 4.78 is 13.5. The first kappa shape index (κ1) is 16.7. The minimum absolute atomic E-state index is 0.0604. The number of rotatable bonds is 5. The molecule has 112 valence electrons. The zero-order valence-corrected chi connectivity index (χ0v) is 12.4. The molecule has 20 heavy (non-hydrogen) atoms. The number of nitrogens with one attached hydrogen (secondary N) is 1. The summed E-state index contributed by atoms with van der Waals surface area (Å²) in [6.45, 7) is 5.72. The van der Waals surface area contributed by atoms with Crippen LogP contribution in [0.3, 0.4) is 0 Å². The smallest absolute Gasteiger partial charge is 0.294 e. The van der Waals surface area contributed by atoms with Crippen molar-refractivity contribution in [3.05, 3.63) is 33.1 Å². The van der Waals surface area contributed by atoms with Gasteiger partial charge in [-0.05, 0) is 11.8 Å². The number of nitro groups is 1. The van der Waals surface area contributed by atoms with Crippen LogP contribution in [0.1, 0.15) is 27.2 Å². The number of aliphatic hydroxyl groups excluding tert-OH is 1. The molecule has 0 saturated carbocycles. The molecule has 5 nitrogen and oxygen atoms in total. The Morgan fingerprint density at radius 2 is 2.10 bits per heavy atom. The molecule has 1 atom stereocenters. The van der Waals surface area contributed by atoms with E-state index in [2.05, 4.69) is 5.32 Å². The van der Waals surface area contributed by atoms with Gasteiger partial charge in [-0.15, -0.1) is 0 Å². The highest BCUT2D eigenvalue weighted by Gasteiger charge is 2.27. The van der Waals surface area contributed by atoms with Gasteiger partial charge in [0, 0.05) is 24.8 Å². The van der Waals surface area contributed by atoms with Gasteiger partial charge in [0.1, 0.15) is 11.5 Å². The summed E-state index contributed by atoms with van der Waals surface area (Å²) in [5, 5.41) is 22.7. The van der Waals surface area contributed by atoms with Crippen molar-refractivity contribution < 1.29 is 14.4 Å². The van der Waals surface area contributed by atoms with E-state index in [1.54, 1.807) is 0 Å². The number of hydrogen-bond donors (Lipinski definition) is 2. The molecule has 1 rings (SSSR count). The Morgan fingerprint density at radius 1 is 1.50 bits per heavy atom. The molecule has 0 spiro atoms. The summed E-state index contributed by atoms with van der Waals surface area (Å²) in [6.07, 6.45) is 0.394. The van der Waals surface area contributed by atoms with E-state index in [-0.39, 0.29) is 34.5 Å². The van der Waals surface area contributed by atoms with Gasteiger partial charge in [-0.25, -0.2) is 4.39 Å². The van der Waals surface area contributed by atoms with E-state index in [0.29, 0.717) is 6.42 Å². The quantitative estimate of drug-likeness (QED) is 0.644. The lowest BCUT2D eigenvalue weighted by Crippen LogP contribution is -2.35. The molecule has 1 unspecified atom stereocenters. The molecule has 7 heteroatoms. The Morgan fingerprint density at radius 3 is 2.55 bits per heavy atom. The highest BCUT2D eigenvalue weighted by molar-refractivity contribution is 6.31. The van der Waals surface area contributed by atoms with Crippen molar-refractivity contribution in [1.29, 1.82) is 0 Å². The second kappa shape index (κ2) is 6.37. The summed E-state index contributed by atoms with van der Waals surface area (Å²) in [6, 6.07) is 1.75. The van der Waals surface area contributed by atoms with Crippen LogP contribution >= 0.6 is 11.6 Å². The van der Waals surface area contributed by atoms with Crippen LogP contribution in [0.5, 0.6) is 0 Å². The Bertz CT molecular complexity index is 503. The molecule has 0 radical (unpaired) electrons. The molecule has 0 amide bonds. The lowest BCUT2D eigenvalue weighted by Gasteiger charge is -2.31. The molecule has 2 N–H and O–H groups in total. The first-order chi connectivity index (χ1) is 9.16. The molecular weight excluding hydrogens is 287 g/mol. The normalized spacial score (nSPS) is 13.1. The maximum absolute atomic E-state index is 13.5. The number of aliphatic hydroxyl groups is 1. The minimum Gasteiger partial charge on any atom is -0.396 e. The average molecular weight is 305 g/mol. The molecule has 1 aromatic carbocycles. The maximum atomic E-state index is 13.5. The molecule has 0 heterocycles. The lowest BCUT2D eigenvalue weighted by atomic mass is 9.84. The first-order valence-corrected chi connectivity index (χ1v) is 6.55. The van der Waals surface area contributed by atoms with Crippen LogP contribution in [0, 0.1) is 21.3 Å². The van der Waals surface area contributed by atoms with Gasteiger partial charge in [-0.1, -0.05) is 32.4 Å². The van der Waals surface area contributed by atoms with Crippen LogP contribution in [0.25, 0.3) is 0 Å². The van der Waals surface area contributed by atoms with Gasteiger partial charge < -0.3 is 10.4 Å². The van der Waals surface area contributed by atoms with E-state index in [4.69, 9.17) is 16.7 Å². The van der Waals surface area contributed by atoms with Crippen LogP contribution in [-0.2, 0) is 0 Å². The van der Waals surface area contributed by atoms with Crippen LogP contribution in [-0.4, -0.2) is 22.7 Å². The number of halogens is 2. The Balaban J connectivity index is 3.18. The largest absolute Gasteiger partial charge is 0.396 e. The number of nitro benzene ring substituents is 1. The third-order valence-corrected chi connectivity index (χ3v) is 3.32. The second-order valence-corrected chi connectivity index (χ2v) is 6.02. The Kier molecular flexibility index (Phi) is 5.30. The van der Waals surface area contributed by atoms with Gasteiger partial charge in [0.2, 0.25) is 0 Å². The van der Waals surface area contributed by atoms with Gasteiger partial charge in [0.25, 0.3) is 5.69 Å². The fourth-order valence-corrected chi connectivity index (χ4v) is 2.00. The molecule has 0 aromatic heterocycles. The molecule has 0 fully saturated rings. The monoisotopic (exact) mass is 304 g/mol. The summed E-state index contributed by atoms with van der Waals surface area (Å²) in [4.78, 5) is 10.4. The zero-order chi connectivity index (χ0) is 15.5. The number of hydrogen-bond acceptors (Lipinski definition) is 4. The zero-order valence-electron chi connectivity index (χ0n) is 11.6. The van der Waals surface area contributed by atoms with E-state index in [9.17, 15) is 14.5 Å². The topological polar surface area (TPSA) is 75.4 Å². The highest BCUT2D eigenvalue weighted by Crippen LogP contribution is 2.33. The third kappa shape index (κ3) is 4.05. The molecule has 0 bridgehead atoms. The maximum Gasteiger partial charge on any atom is 0.294 e. The van der Waals surface area contributed by atoms with Crippen LogP contribution in [0.4, 0.5) is 15.8 Å². The number of benzene rings is 1. The van der Waals surface area contributed by atoms with Crippen LogP contribution in [0.2, 0.25) is 5.02 Å². The fourth-order valence-electron chi connectivity index (χ4n) is 1.84. The van der Waals surface area contributed by atoms with Crippen molar-refractivity contribution in [2.45, 2.75) is 33.2 Å². The van der Waals surface area contributed by atoms with Gasteiger partial charge in [0.15, 0.2) is 0 Å². The summed E-state index contributed by atoms with van der Waals surface area (Å²) >= 11 is 5.57. The van der Waals surface area contributed by atoms with E-state index >= 15 is 0 Å². The van der Waals surface area contributed by atoms with E-state index in [1.807, 2.05) is 20.8 Å². The first-order valence-electron chi connectivity index (χ1n) is 6.17. The molecule has 0 aliphatic carbocycles. The summed E-state index contributed by atoms with van der Waals surface area (Å²) in [5.41, 5.74) is -0.485. The second-order valence-electron chi connectivity index (χ2n) is 5.62. The van der Waals surface area contributed by atoms with Crippen molar-refractivity contribution in [2.75, 3.05) is 11.9 Å². The SMILES string of the molecule is CC(C)(C)C(CCO)Nc1cc(F)c(Cl)cc1[N+](=O)[O-]. The molecule has 1 aromatic rings. The van der Waals surface area contributed by atoms with E-state index < -0.39 is 10.7 Å². The number of nitrogens with zero attached hydrogens (tertiary/aromatic N) is 1. The summed E-state index contributed by atoms with van der Waals surface area (Å²) in [7, 11) is 0. The van der Waals surface area contributed by atoms with Crippen molar-refractivity contribution >= 4 is 23.0 Å². The molecular formula is C13H18ClFN2O3. The molecule has 0 saturated heterocycles. The predicted octanol–water partition coefficient (Wildman–Crippen LogP) is 3.60. The fraction of sp³-hybridized carbons (Fsp3) is 0.538. The van der Waals surface area contributed by atoms with Crippen molar-refractivity contribution in [2.24, 2.45) is 5.41 Å². The number of anilines is 1. The van der Waals surface area contributed by atoms with E-state index in [0.717, 1.165) is 12.1 Å². The predicted molar refractivity (Wildman–Crippen MR) is 76.6 cm³/mol. The summed E-state index contributed by atoms with van der Waals surface area (Å²) in [5.74, 6) is -0.726.